The predicted octanol–water partition coefficient (Wildman–Crippen LogP) is 7.57. The van der Waals surface area contributed by atoms with Crippen molar-refractivity contribution in [3.8, 4) is 0 Å². The van der Waals surface area contributed by atoms with Gasteiger partial charge in [-0.05, 0) is 0 Å². The van der Waals surface area contributed by atoms with E-state index >= 15 is 0 Å². The summed E-state index contributed by atoms with van der Waals surface area (Å²) in [6.45, 7) is 45.7. The van der Waals surface area contributed by atoms with Crippen LogP contribution in [0.25, 0.3) is 0 Å². The fourth-order valence-corrected chi connectivity index (χ4v) is 0. The molecule has 0 amide bonds. The molecule has 0 heterocycles. The second kappa shape index (κ2) is 66.0. The van der Waals surface area contributed by atoms with Gasteiger partial charge >= 0.3 is 105 Å². The first-order valence-corrected chi connectivity index (χ1v) is 17.3. The van der Waals surface area contributed by atoms with E-state index in [1.807, 2.05) is 216 Å². The van der Waals surface area contributed by atoms with Crippen LogP contribution in [0, 0.1) is 43.3 Å². The molecule has 0 spiro atoms. The minimum absolute atomic E-state index is 0. The van der Waals surface area contributed by atoms with Gasteiger partial charge in [0.15, 0.2) is 0 Å². The van der Waals surface area contributed by atoms with E-state index in [4.69, 9.17) is 39.6 Å². The maximum Gasteiger partial charge on any atom is 3.00 e. The van der Waals surface area contributed by atoms with Gasteiger partial charge in [-0.1, -0.05) is 192 Å². The normalized spacial score (nSPS) is 9.12. The van der Waals surface area contributed by atoms with Crippen molar-refractivity contribution >= 4 is 76.2 Å². The molecule has 0 fully saturated rings. The van der Waals surface area contributed by atoms with Crippen LogP contribution >= 0.6 is 0 Å². The summed E-state index contributed by atoms with van der Waals surface area (Å²) in [6, 6.07) is 0. The van der Waals surface area contributed by atoms with Gasteiger partial charge in [0.1, 0.15) is 0 Å². The first kappa shape index (κ1) is 109. The van der Waals surface area contributed by atoms with Gasteiger partial charge in [0, 0.05) is 0 Å². The van der Waals surface area contributed by atoms with E-state index in [2.05, 4.69) is 0 Å². The SMILES string of the molecule is CC(C)(C)[C-]=O.CC(C)(C)[C-]=O.CC(C)(C)[C-]=O.CC(C)(C)[C-]=O.CC(C)(C)[C-]=O.CC(C)(C)[C-]=O.CC(C)(C)[C-]=O.CC(C)(C)[C-]=O.O=[C-]O.O=[C-]O.O=[C-]O.O=[C-]O.[Zr+3].[Zr+3].[Zr+3].[Zr+3]. The van der Waals surface area contributed by atoms with E-state index in [1.54, 1.807) is 0 Å². The monoisotopic (exact) mass is 1220 g/mol. The van der Waals surface area contributed by atoms with Crippen molar-refractivity contribution in [1.29, 1.82) is 0 Å². The third-order valence-corrected chi connectivity index (χ3v) is 2.45. The molecule has 0 saturated carbocycles. The fourth-order valence-electron chi connectivity index (χ4n) is 0. The van der Waals surface area contributed by atoms with E-state index in [1.165, 1.54) is 0 Å². The van der Waals surface area contributed by atoms with Crippen LogP contribution in [0.15, 0.2) is 0 Å². The van der Waals surface area contributed by atoms with Crippen LogP contribution in [0.4, 0.5) is 0 Å². The average Bonchev–Trinajstić information content (AvgIpc) is 3.05. The molecule has 4 radical (unpaired) electrons. The number of aliphatic hydroxyl groups excluding tert-OH is 4. The first-order valence-electron chi connectivity index (χ1n) is 17.3. The zero-order valence-corrected chi connectivity index (χ0v) is 52.5. The van der Waals surface area contributed by atoms with Gasteiger partial charge in [0.25, 0.3) is 0 Å². The number of hydrogen-bond donors (Lipinski definition) is 4. The molecule has 0 rings (SSSR count). The Morgan fingerprint density at radius 1 is 0.188 bits per heavy atom. The minimum Gasteiger partial charge on any atom is -0.665 e. The molecular formula is C44H76O16Zr4. The van der Waals surface area contributed by atoms with Gasteiger partial charge in [0.2, 0.25) is 0 Å². The molecule has 0 aliphatic heterocycles. The Hall–Kier alpha value is -1.23. The summed E-state index contributed by atoms with van der Waals surface area (Å²) in [4.78, 5) is 111. The predicted molar refractivity (Wildman–Crippen MR) is 234 cm³/mol. The van der Waals surface area contributed by atoms with Gasteiger partial charge in [-0.25, -0.2) is 0 Å². The molecule has 16 nitrogen and oxygen atoms in total. The summed E-state index contributed by atoms with van der Waals surface area (Å²) < 4.78 is 0. The number of hydrogen-bond acceptors (Lipinski definition) is 12. The zero-order valence-electron chi connectivity index (χ0n) is 42.7. The average molecular weight is 1230 g/mol. The van der Waals surface area contributed by atoms with Gasteiger partial charge in [-0.2, -0.15) is 0 Å². The zero-order chi connectivity index (χ0) is 52.5. The summed E-state index contributed by atoms with van der Waals surface area (Å²) >= 11 is 0. The number of carbonyl (C=O) groups excluding carboxylic acids is 8. The summed E-state index contributed by atoms with van der Waals surface area (Å²) in [6.07, 6.45) is 14.8. The van der Waals surface area contributed by atoms with E-state index in [9.17, 15) is 38.4 Å². The molecule has 0 aromatic heterocycles. The van der Waals surface area contributed by atoms with Crippen molar-refractivity contribution in [3.05, 3.63) is 0 Å². The summed E-state index contributed by atoms with van der Waals surface area (Å²) in [5, 5.41) is 27.1. The summed E-state index contributed by atoms with van der Waals surface area (Å²) in [5.74, 6) is 0. The van der Waals surface area contributed by atoms with Crippen molar-refractivity contribution in [2.75, 3.05) is 0 Å². The molecule has 20 heteroatoms. The van der Waals surface area contributed by atoms with Crippen LogP contribution in [0.3, 0.4) is 0 Å². The van der Waals surface area contributed by atoms with Gasteiger partial charge < -0.3 is 78.0 Å². The van der Waals surface area contributed by atoms with Gasteiger partial charge in [0.05, 0.1) is 0 Å². The molecule has 4 N–H and O–H groups in total. The Bertz CT molecular complexity index is 806. The van der Waals surface area contributed by atoms with Crippen molar-refractivity contribution in [2.45, 2.75) is 166 Å². The van der Waals surface area contributed by atoms with Crippen molar-refractivity contribution in [2.24, 2.45) is 43.3 Å². The van der Waals surface area contributed by atoms with E-state index in [0.29, 0.717) is 25.9 Å². The Morgan fingerprint density at radius 3 is 0.203 bits per heavy atom. The van der Waals surface area contributed by atoms with Gasteiger partial charge in [-0.3, -0.25) is 50.3 Å². The fraction of sp³-hybridized carbons (Fsp3) is 0.727. The smallest absolute Gasteiger partial charge is 0.665 e. The summed E-state index contributed by atoms with van der Waals surface area (Å²) in [7, 11) is 0. The molecule has 0 saturated heterocycles. The van der Waals surface area contributed by atoms with E-state index in [-0.39, 0.29) is 148 Å². The van der Waals surface area contributed by atoms with Crippen LogP contribution in [0.2, 0.25) is 0 Å². The topological polar surface area (TPSA) is 286 Å². The summed E-state index contributed by atoms with van der Waals surface area (Å²) in [5.41, 5.74) is -2.11. The quantitative estimate of drug-likeness (QED) is 0.170. The van der Waals surface area contributed by atoms with Crippen LogP contribution in [0.1, 0.15) is 166 Å². The number of rotatable bonds is 0. The van der Waals surface area contributed by atoms with E-state index < -0.39 is 0 Å². The Balaban J connectivity index is -0.0000000281. The van der Waals surface area contributed by atoms with Crippen LogP contribution < -0.4 is 0 Å². The molecule has 0 aromatic rings. The van der Waals surface area contributed by atoms with Crippen molar-refractivity contribution in [3.63, 3.8) is 0 Å². The molecule has 0 atom stereocenters. The maximum atomic E-state index is 9.70. The molecule has 0 bridgehead atoms. The third-order valence-electron chi connectivity index (χ3n) is 2.45. The molecule has 364 valence electrons. The maximum absolute atomic E-state index is 9.70. The van der Waals surface area contributed by atoms with Gasteiger partial charge in [-0.15, -0.1) is 43.3 Å². The molecule has 0 aromatic carbocycles. The minimum atomic E-state index is -0.264. The molecule has 64 heavy (non-hydrogen) atoms. The molecular weight excluding hydrogens is 1150 g/mol. The molecule has 0 aliphatic rings. The van der Waals surface area contributed by atoms with Crippen molar-refractivity contribution in [1.82, 2.24) is 0 Å². The second-order valence-electron chi connectivity index (χ2n) is 19.2. The second-order valence-corrected chi connectivity index (χ2v) is 19.2. The van der Waals surface area contributed by atoms with Crippen molar-refractivity contribution < 1.29 is 183 Å². The largest absolute Gasteiger partial charge is 3.00 e. The Kier molecular flexibility index (Phi) is 113. The molecule has 0 aliphatic carbocycles. The molecule has 0 unspecified atom stereocenters. The van der Waals surface area contributed by atoms with Crippen LogP contribution in [-0.2, 0) is 162 Å². The van der Waals surface area contributed by atoms with Crippen LogP contribution in [-0.4, -0.2) is 96.6 Å². The van der Waals surface area contributed by atoms with Crippen LogP contribution in [0.5, 0.6) is 0 Å². The Morgan fingerprint density at radius 2 is 0.203 bits per heavy atom. The van der Waals surface area contributed by atoms with E-state index in [0.717, 1.165) is 0 Å². The third kappa shape index (κ3) is 419. The first-order chi connectivity index (χ1) is 26.1. The Labute approximate surface area is 464 Å². The standard InChI is InChI=1S/8C5H9O.4CHO2.4Zr/c8*1-5(2,3)4-6;4*2-1-3;;;;/h8*1-3H3;4*(H,2,3);;;;/q12*-1;4*+3.